The van der Waals surface area contributed by atoms with Crippen LogP contribution in [-0.4, -0.2) is 37.6 Å². The molecule has 0 aliphatic carbocycles. The Morgan fingerprint density at radius 1 is 1.09 bits per heavy atom. The molecular formula is C24H27N3O4S. The van der Waals surface area contributed by atoms with Crippen LogP contribution in [0.5, 0.6) is 0 Å². The topological polar surface area (TPSA) is 107 Å². The molecule has 0 spiro atoms. The first-order valence-electron chi connectivity index (χ1n) is 10.5. The minimum Gasteiger partial charge on any atom is -0.292 e. The van der Waals surface area contributed by atoms with Crippen molar-refractivity contribution in [1.82, 2.24) is 9.62 Å². The zero-order valence-electron chi connectivity index (χ0n) is 18.2. The van der Waals surface area contributed by atoms with E-state index in [1.807, 2.05) is 6.92 Å². The third-order valence-corrected chi connectivity index (χ3v) is 8.00. The van der Waals surface area contributed by atoms with Crippen LogP contribution in [-0.2, 0) is 14.8 Å². The number of rotatable bonds is 6. The molecule has 7 nitrogen and oxygen atoms in total. The third kappa shape index (κ3) is 5.23. The van der Waals surface area contributed by atoms with E-state index in [0.29, 0.717) is 18.4 Å². The summed E-state index contributed by atoms with van der Waals surface area (Å²) in [5.41, 5.74) is 0.353. The van der Waals surface area contributed by atoms with Crippen molar-refractivity contribution in [2.75, 3.05) is 13.1 Å². The van der Waals surface area contributed by atoms with Crippen molar-refractivity contribution in [3.8, 4) is 6.07 Å². The van der Waals surface area contributed by atoms with Crippen molar-refractivity contribution in [3.05, 3.63) is 65.7 Å². The monoisotopic (exact) mass is 453 g/mol. The van der Waals surface area contributed by atoms with Crippen LogP contribution in [0, 0.1) is 29.6 Å². The van der Waals surface area contributed by atoms with E-state index in [4.69, 9.17) is 0 Å². The van der Waals surface area contributed by atoms with E-state index < -0.39 is 27.3 Å². The molecule has 8 heteroatoms. The zero-order chi connectivity index (χ0) is 23.4. The van der Waals surface area contributed by atoms with Crippen LogP contribution in [0.1, 0.15) is 42.1 Å². The SMILES string of the molecule is Cc1ccc(S(=O)(=O)N2CCC([C@](C)(C#N)CC(=O)NC(=O)c3ccccc3)CC2)cc1. The molecule has 0 radical (unpaired) electrons. The Kier molecular flexibility index (Phi) is 7.12. The van der Waals surface area contributed by atoms with Crippen molar-refractivity contribution in [2.45, 2.75) is 38.0 Å². The number of nitrogens with zero attached hydrogens (tertiary/aromatic N) is 2. The summed E-state index contributed by atoms with van der Waals surface area (Å²) in [6, 6.07) is 17.4. The van der Waals surface area contributed by atoms with Crippen LogP contribution in [0.3, 0.4) is 0 Å². The average molecular weight is 454 g/mol. The molecule has 168 valence electrons. The van der Waals surface area contributed by atoms with Gasteiger partial charge in [0.1, 0.15) is 0 Å². The van der Waals surface area contributed by atoms with E-state index in [1.165, 1.54) is 4.31 Å². The molecular weight excluding hydrogens is 426 g/mol. The van der Waals surface area contributed by atoms with Gasteiger partial charge in [-0.3, -0.25) is 14.9 Å². The van der Waals surface area contributed by atoms with Crippen LogP contribution in [0.2, 0.25) is 0 Å². The molecule has 1 heterocycles. The number of carbonyl (C=O) groups is 2. The van der Waals surface area contributed by atoms with E-state index in [9.17, 15) is 23.3 Å². The fourth-order valence-electron chi connectivity index (χ4n) is 4.03. The first-order chi connectivity index (χ1) is 15.2. The molecule has 2 aromatic rings. The summed E-state index contributed by atoms with van der Waals surface area (Å²) in [6.07, 6.45) is 0.807. The molecule has 1 fully saturated rings. The van der Waals surface area contributed by atoms with Crippen molar-refractivity contribution in [3.63, 3.8) is 0 Å². The number of sulfonamides is 1. The molecule has 1 saturated heterocycles. The Morgan fingerprint density at radius 3 is 2.25 bits per heavy atom. The van der Waals surface area contributed by atoms with Crippen molar-refractivity contribution in [2.24, 2.45) is 11.3 Å². The Bertz CT molecular complexity index is 1120. The lowest BCUT2D eigenvalue weighted by molar-refractivity contribution is -0.122. The summed E-state index contributed by atoms with van der Waals surface area (Å²) in [7, 11) is -3.60. The number of hydrogen-bond acceptors (Lipinski definition) is 5. The van der Waals surface area contributed by atoms with Gasteiger partial charge in [0.2, 0.25) is 15.9 Å². The van der Waals surface area contributed by atoms with Gasteiger partial charge >= 0.3 is 0 Å². The minimum absolute atomic E-state index is 0.128. The van der Waals surface area contributed by atoms with Gasteiger partial charge in [-0.15, -0.1) is 0 Å². The maximum Gasteiger partial charge on any atom is 0.257 e. The van der Waals surface area contributed by atoms with Crippen LogP contribution in [0.25, 0.3) is 0 Å². The highest BCUT2D eigenvalue weighted by Crippen LogP contribution is 2.38. The smallest absolute Gasteiger partial charge is 0.257 e. The molecule has 0 unspecified atom stereocenters. The van der Waals surface area contributed by atoms with Gasteiger partial charge in [0, 0.05) is 25.1 Å². The fourth-order valence-corrected chi connectivity index (χ4v) is 5.50. The molecule has 3 rings (SSSR count). The number of imide groups is 1. The predicted molar refractivity (Wildman–Crippen MR) is 120 cm³/mol. The first-order valence-corrected chi connectivity index (χ1v) is 12.0. The van der Waals surface area contributed by atoms with Gasteiger partial charge in [-0.25, -0.2) is 8.42 Å². The highest BCUT2D eigenvalue weighted by Gasteiger charge is 2.40. The number of benzene rings is 2. The molecule has 2 amide bonds. The summed E-state index contributed by atoms with van der Waals surface area (Å²) in [4.78, 5) is 25.0. The van der Waals surface area contributed by atoms with Crippen molar-refractivity contribution < 1.29 is 18.0 Å². The highest BCUT2D eigenvalue weighted by atomic mass is 32.2. The number of nitrogens with one attached hydrogen (secondary N) is 1. The molecule has 1 aliphatic rings. The number of aryl methyl sites for hydroxylation is 1. The maximum atomic E-state index is 12.9. The van der Waals surface area contributed by atoms with Crippen molar-refractivity contribution >= 4 is 21.8 Å². The summed E-state index contributed by atoms with van der Waals surface area (Å²) in [6.45, 7) is 4.16. The molecule has 1 atom stereocenters. The normalized spacial score (nSPS) is 17.2. The van der Waals surface area contributed by atoms with Gasteiger partial charge in [-0.1, -0.05) is 35.9 Å². The van der Waals surface area contributed by atoms with Crippen LogP contribution in [0.15, 0.2) is 59.5 Å². The van der Waals surface area contributed by atoms with Gasteiger partial charge in [-0.05, 0) is 56.9 Å². The fraction of sp³-hybridized carbons (Fsp3) is 0.375. The van der Waals surface area contributed by atoms with Gasteiger partial charge in [-0.2, -0.15) is 9.57 Å². The van der Waals surface area contributed by atoms with E-state index in [1.54, 1.807) is 61.5 Å². The molecule has 1 aliphatic heterocycles. The van der Waals surface area contributed by atoms with Crippen LogP contribution in [0.4, 0.5) is 0 Å². The molecule has 32 heavy (non-hydrogen) atoms. The second kappa shape index (κ2) is 9.63. The number of hydrogen-bond donors (Lipinski definition) is 1. The summed E-state index contributed by atoms with van der Waals surface area (Å²) < 4.78 is 27.3. The Hall–Kier alpha value is -3.02. The lowest BCUT2D eigenvalue weighted by atomic mass is 9.71. The number of carbonyl (C=O) groups excluding carboxylic acids is 2. The second-order valence-corrected chi connectivity index (χ2v) is 10.4. The van der Waals surface area contributed by atoms with E-state index >= 15 is 0 Å². The number of amides is 2. The van der Waals surface area contributed by atoms with Gasteiger partial charge in [0.15, 0.2) is 0 Å². The summed E-state index contributed by atoms with van der Waals surface area (Å²) in [5.74, 6) is -1.18. The molecule has 1 N–H and O–H groups in total. The van der Waals surface area contributed by atoms with E-state index in [-0.39, 0.29) is 30.3 Å². The summed E-state index contributed by atoms with van der Waals surface area (Å²) >= 11 is 0. The maximum absolute atomic E-state index is 12.9. The quantitative estimate of drug-likeness (QED) is 0.722. The standard InChI is InChI=1S/C24H27N3O4S/c1-18-8-10-21(11-9-18)32(30,31)27-14-12-20(13-15-27)24(2,17-25)16-22(28)26-23(29)19-6-4-3-5-7-19/h3-11,20H,12-16H2,1-2H3,(H,26,28,29)/t24-/m0/s1. The molecule has 0 bridgehead atoms. The highest BCUT2D eigenvalue weighted by molar-refractivity contribution is 7.89. The van der Waals surface area contributed by atoms with Crippen molar-refractivity contribution in [1.29, 1.82) is 5.26 Å². The second-order valence-electron chi connectivity index (χ2n) is 8.44. The van der Waals surface area contributed by atoms with Gasteiger partial charge in [0.25, 0.3) is 5.91 Å². The minimum atomic E-state index is -3.60. The molecule has 0 saturated carbocycles. The number of piperidine rings is 1. The zero-order valence-corrected chi connectivity index (χ0v) is 19.1. The van der Waals surface area contributed by atoms with E-state index in [2.05, 4.69) is 11.4 Å². The van der Waals surface area contributed by atoms with Gasteiger partial charge < -0.3 is 0 Å². The lowest BCUT2D eigenvalue weighted by Crippen LogP contribution is -2.44. The number of nitriles is 1. The largest absolute Gasteiger partial charge is 0.292 e. The predicted octanol–water partition coefficient (Wildman–Crippen LogP) is 3.27. The molecule has 0 aromatic heterocycles. The third-order valence-electron chi connectivity index (χ3n) is 6.09. The Balaban J connectivity index is 1.62. The van der Waals surface area contributed by atoms with Crippen LogP contribution >= 0.6 is 0 Å². The first kappa shape index (κ1) is 23.6. The Labute approximate surface area is 189 Å². The lowest BCUT2D eigenvalue weighted by Gasteiger charge is -2.38. The molecule has 2 aromatic carbocycles. The van der Waals surface area contributed by atoms with Crippen LogP contribution < -0.4 is 5.32 Å². The average Bonchev–Trinajstić information content (AvgIpc) is 2.79. The van der Waals surface area contributed by atoms with Gasteiger partial charge in [0.05, 0.1) is 16.4 Å². The Morgan fingerprint density at radius 2 is 1.69 bits per heavy atom. The summed E-state index contributed by atoms with van der Waals surface area (Å²) in [5, 5.41) is 12.2. The van der Waals surface area contributed by atoms with E-state index in [0.717, 1.165) is 5.56 Å².